The van der Waals surface area contributed by atoms with Crippen LogP contribution < -0.4 is 5.32 Å². The van der Waals surface area contributed by atoms with Crippen LogP contribution in [-0.2, 0) is 11.2 Å². The van der Waals surface area contributed by atoms with E-state index in [0.29, 0.717) is 12.1 Å². The Morgan fingerprint density at radius 3 is 2.50 bits per heavy atom. The molecule has 0 saturated carbocycles. The van der Waals surface area contributed by atoms with E-state index in [2.05, 4.69) is 31.3 Å². The minimum atomic E-state index is -0.0954. The van der Waals surface area contributed by atoms with E-state index in [0.717, 1.165) is 17.7 Å². The summed E-state index contributed by atoms with van der Waals surface area (Å²) in [6, 6.07) is 11.9. The lowest BCUT2D eigenvalue weighted by Crippen LogP contribution is -2.28. The molecule has 1 aromatic carbocycles. The van der Waals surface area contributed by atoms with Crippen LogP contribution in [0.3, 0.4) is 0 Å². The predicted molar refractivity (Wildman–Crippen MR) is 91.6 cm³/mol. The maximum Gasteiger partial charge on any atom is 0.251 e. The summed E-state index contributed by atoms with van der Waals surface area (Å²) in [7, 11) is 1.67. The standard InChI is InChI=1S/C18H23NO2S/c1-4-5-14-7-9-15(10-8-14)18(20)19-12-16(21-3)17-11-6-13(2)22-17/h6-11,16H,4-5,12H2,1-3H3,(H,19,20). The third-order valence-electron chi connectivity index (χ3n) is 3.57. The Hall–Kier alpha value is -1.65. The Balaban J connectivity index is 1.93. The number of aryl methyl sites for hydroxylation is 2. The van der Waals surface area contributed by atoms with Crippen molar-refractivity contribution in [1.82, 2.24) is 5.32 Å². The van der Waals surface area contributed by atoms with Gasteiger partial charge in [0.2, 0.25) is 0 Å². The molecular weight excluding hydrogens is 294 g/mol. The van der Waals surface area contributed by atoms with Gasteiger partial charge in [0.1, 0.15) is 6.10 Å². The predicted octanol–water partition coefficient (Wildman–Crippen LogP) is 4.13. The normalized spacial score (nSPS) is 12.1. The van der Waals surface area contributed by atoms with Crippen LogP contribution in [0.25, 0.3) is 0 Å². The average Bonchev–Trinajstić information content (AvgIpc) is 2.95. The highest BCUT2D eigenvalue weighted by Crippen LogP contribution is 2.24. The highest BCUT2D eigenvalue weighted by Gasteiger charge is 2.14. The fourth-order valence-corrected chi connectivity index (χ4v) is 3.28. The van der Waals surface area contributed by atoms with Crippen molar-refractivity contribution >= 4 is 17.2 Å². The summed E-state index contributed by atoms with van der Waals surface area (Å²) in [5, 5.41) is 2.95. The number of rotatable bonds is 7. The summed E-state index contributed by atoms with van der Waals surface area (Å²) in [6.07, 6.45) is 2.06. The van der Waals surface area contributed by atoms with Crippen LogP contribution in [0.15, 0.2) is 36.4 Å². The van der Waals surface area contributed by atoms with Gasteiger partial charge >= 0.3 is 0 Å². The highest BCUT2D eigenvalue weighted by molar-refractivity contribution is 7.12. The van der Waals surface area contributed by atoms with Crippen molar-refractivity contribution < 1.29 is 9.53 Å². The van der Waals surface area contributed by atoms with E-state index in [1.165, 1.54) is 10.4 Å². The number of amides is 1. The number of methoxy groups -OCH3 is 1. The molecule has 0 bridgehead atoms. The first-order valence-electron chi connectivity index (χ1n) is 7.60. The molecule has 118 valence electrons. The number of benzene rings is 1. The molecule has 4 heteroatoms. The lowest BCUT2D eigenvalue weighted by atomic mass is 10.1. The molecule has 3 nitrogen and oxygen atoms in total. The molecular formula is C18H23NO2S. The van der Waals surface area contributed by atoms with Crippen molar-refractivity contribution in [2.24, 2.45) is 0 Å². The molecule has 2 rings (SSSR count). The monoisotopic (exact) mass is 317 g/mol. The smallest absolute Gasteiger partial charge is 0.251 e. The van der Waals surface area contributed by atoms with E-state index in [1.807, 2.05) is 24.3 Å². The van der Waals surface area contributed by atoms with Gasteiger partial charge in [-0.15, -0.1) is 11.3 Å². The summed E-state index contributed by atoms with van der Waals surface area (Å²) in [5.41, 5.74) is 1.96. The van der Waals surface area contributed by atoms with Gasteiger partial charge in [0, 0.05) is 29.0 Å². The van der Waals surface area contributed by atoms with Crippen molar-refractivity contribution in [3.8, 4) is 0 Å². The Bertz CT molecular complexity index is 604. The van der Waals surface area contributed by atoms with Crippen LogP contribution in [0.1, 0.15) is 45.1 Å². The first kappa shape index (κ1) is 16.7. The van der Waals surface area contributed by atoms with E-state index in [1.54, 1.807) is 18.4 Å². The molecule has 0 fully saturated rings. The summed E-state index contributed by atoms with van der Waals surface area (Å²) in [5.74, 6) is -0.0571. The second-order valence-electron chi connectivity index (χ2n) is 5.33. The average molecular weight is 317 g/mol. The van der Waals surface area contributed by atoms with Crippen molar-refractivity contribution in [2.45, 2.75) is 32.8 Å². The van der Waals surface area contributed by atoms with Gasteiger partial charge in [-0.05, 0) is 43.2 Å². The van der Waals surface area contributed by atoms with Crippen LogP contribution >= 0.6 is 11.3 Å². The fraction of sp³-hybridized carbons (Fsp3) is 0.389. The zero-order valence-corrected chi connectivity index (χ0v) is 14.2. The van der Waals surface area contributed by atoms with Crippen LogP contribution in [0, 0.1) is 6.92 Å². The molecule has 1 unspecified atom stereocenters. The summed E-state index contributed by atoms with van der Waals surface area (Å²) in [4.78, 5) is 14.6. The zero-order valence-electron chi connectivity index (χ0n) is 13.4. The molecule has 0 spiro atoms. The van der Waals surface area contributed by atoms with Gasteiger partial charge in [-0.3, -0.25) is 4.79 Å². The quantitative estimate of drug-likeness (QED) is 0.834. The molecule has 22 heavy (non-hydrogen) atoms. The molecule has 0 aliphatic carbocycles. The number of hydrogen-bond donors (Lipinski definition) is 1. The van der Waals surface area contributed by atoms with E-state index in [9.17, 15) is 4.79 Å². The summed E-state index contributed by atoms with van der Waals surface area (Å²) in [6.45, 7) is 4.70. The molecule has 2 aromatic rings. The Kier molecular flexibility index (Phi) is 6.16. The molecule has 0 radical (unpaired) electrons. The number of carbonyl (C=O) groups excluding carboxylic acids is 1. The molecule has 0 saturated heterocycles. The van der Waals surface area contributed by atoms with Crippen LogP contribution in [0.4, 0.5) is 0 Å². The first-order valence-corrected chi connectivity index (χ1v) is 8.42. The minimum absolute atomic E-state index is 0.0571. The largest absolute Gasteiger partial charge is 0.374 e. The van der Waals surface area contributed by atoms with Gasteiger partial charge in [0.25, 0.3) is 5.91 Å². The molecule has 0 aliphatic rings. The minimum Gasteiger partial charge on any atom is -0.374 e. The maximum absolute atomic E-state index is 12.2. The van der Waals surface area contributed by atoms with Gasteiger partial charge in [-0.25, -0.2) is 0 Å². The maximum atomic E-state index is 12.2. The van der Waals surface area contributed by atoms with Crippen LogP contribution in [-0.4, -0.2) is 19.6 Å². The molecule has 0 aliphatic heterocycles. The van der Waals surface area contributed by atoms with Crippen molar-refractivity contribution in [3.05, 3.63) is 57.3 Å². The molecule has 1 aromatic heterocycles. The van der Waals surface area contributed by atoms with Crippen molar-refractivity contribution in [1.29, 1.82) is 0 Å². The number of thiophene rings is 1. The number of carbonyl (C=O) groups is 1. The summed E-state index contributed by atoms with van der Waals surface area (Å²) >= 11 is 1.70. The number of ether oxygens (including phenoxy) is 1. The molecule has 1 heterocycles. The molecule has 1 N–H and O–H groups in total. The van der Waals surface area contributed by atoms with Crippen LogP contribution in [0.5, 0.6) is 0 Å². The lowest BCUT2D eigenvalue weighted by molar-refractivity contribution is 0.0837. The number of nitrogens with one attached hydrogen (secondary N) is 1. The Morgan fingerprint density at radius 1 is 1.23 bits per heavy atom. The Labute approximate surface area is 136 Å². The zero-order chi connectivity index (χ0) is 15.9. The first-order chi connectivity index (χ1) is 10.6. The third-order valence-corrected chi connectivity index (χ3v) is 4.66. The molecule has 1 amide bonds. The van der Waals surface area contributed by atoms with Gasteiger partial charge in [-0.1, -0.05) is 25.5 Å². The van der Waals surface area contributed by atoms with Crippen molar-refractivity contribution in [2.75, 3.05) is 13.7 Å². The second-order valence-corrected chi connectivity index (χ2v) is 6.65. The van der Waals surface area contributed by atoms with Gasteiger partial charge < -0.3 is 10.1 Å². The highest BCUT2D eigenvalue weighted by atomic mass is 32.1. The van der Waals surface area contributed by atoms with E-state index >= 15 is 0 Å². The molecule has 1 atom stereocenters. The second kappa shape index (κ2) is 8.11. The SMILES string of the molecule is CCCc1ccc(C(=O)NCC(OC)c2ccc(C)s2)cc1. The van der Waals surface area contributed by atoms with Gasteiger partial charge in [-0.2, -0.15) is 0 Å². The summed E-state index contributed by atoms with van der Waals surface area (Å²) < 4.78 is 5.48. The third kappa shape index (κ3) is 4.42. The van der Waals surface area contributed by atoms with Crippen LogP contribution in [0.2, 0.25) is 0 Å². The van der Waals surface area contributed by atoms with E-state index < -0.39 is 0 Å². The van der Waals surface area contributed by atoms with E-state index in [-0.39, 0.29) is 12.0 Å². The van der Waals surface area contributed by atoms with Crippen molar-refractivity contribution in [3.63, 3.8) is 0 Å². The van der Waals surface area contributed by atoms with Gasteiger partial charge in [0.15, 0.2) is 0 Å². The topological polar surface area (TPSA) is 38.3 Å². The van der Waals surface area contributed by atoms with E-state index in [4.69, 9.17) is 4.74 Å². The van der Waals surface area contributed by atoms with Gasteiger partial charge in [0.05, 0.1) is 0 Å². The lowest BCUT2D eigenvalue weighted by Gasteiger charge is -2.14. The fourth-order valence-electron chi connectivity index (χ4n) is 2.33. The number of hydrogen-bond acceptors (Lipinski definition) is 3. The Morgan fingerprint density at radius 2 is 1.95 bits per heavy atom.